The van der Waals surface area contributed by atoms with Crippen LogP contribution in [0.1, 0.15) is 122 Å². The maximum absolute atomic E-state index is 11.2. The van der Waals surface area contributed by atoms with Gasteiger partial charge in [-0.05, 0) is 12.8 Å². The molecule has 0 fully saturated rings. The monoisotopic (exact) mass is 373 g/mol. The van der Waals surface area contributed by atoms with Crippen LogP contribution in [0.15, 0.2) is 0 Å². The molecule has 25 heavy (non-hydrogen) atoms. The fourth-order valence-corrected chi connectivity index (χ4v) is 3.76. The summed E-state index contributed by atoms with van der Waals surface area (Å²) in [5, 5.41) is 0. The second-order valence-corrected chi connectivity index (χ2v) is 8.05. The van der Waals surface area contributed by atoms with Crippen LogP contribution in [-0.4, -0.2) is 11.8 Å². The molecule has 0 aromatic heterocycles. The van der Waals surface area contributed by atoms with Gasteiger partial charge in [0.05, 0.1) is 0 Å². The second-order valence-electron chi connectivity index (χ2n) is 7.67. The number of carbonyl (C=O) groups excluding carboxylic acids is 1. The van der Waals surface area contributed by atoms with Gasteiger partial charge in [-0.1, -0.05) is 110 Å². The zero-order valence-electron chi connectivity index (χ0n) is 16.9. The Hall–Kier alpha value is -0.240. The average Bonchev–Trinajstić information content (AvgIpc) is 2.60. The Morgan fingerprint density at radius 3 is 1.36 bits per heavy atom. The molecule has 0 bridgehead atoms. The van der Waals surface area contributed by atoms with Crippen LogP contribution >= 0.6 is 11.6 Å². The van der Waals surface area contributed by atoms with Gasteiger partial charge in [0, 0.05) is 11.8 Å². The number of carbonyl (C=O) groups is 1. The first-order valence-corrected chi connectivity index (χ1v) is 11.6. The fraction of sp³-hybridized carbons (Fsp3) is 0.955. The lowest BCUT2D eigenvalue weighted by Gasteiger charge is -2.11. The number of alkyl halides is 1. The molecule has 2 N–H and O–H groups in total. The molecule has 0 aliphatic rings. The van der Waals surface area contributed by atoms with Crippen LogP contribution in [0.4, 0.5) is 0 Å². The van der Waals surface area contributed by atoms with Gasteiger partial charge in [-0.25, -0.2) is 0 Å². The number of primary amides is 1. The number of nitrogens with two attached hydrogens (primary N) is 1. The van der Waals surface area contributed by atoms with Crippen molar-refractivity contribution in [2.75, 3.05) is 5.88 Å². The molecule has 0 radical (unpaired) electrons. The Morgan fingerprint density at radius 2 is 1.04 bits per heavy atom. The van der Waals surface area contributed by atoms with Gasteiger partial charge in [-0.15, -0.1) is 11.6 Å². The molecule has 0 aliphatic carbocycles. The zero-order chi connectivity index (χ0) is 18.6. The van der Waals surface area contributed by atoms with Crippen molar-refractivity contribution in [3.8, 4) is 0 Å². The predicted octanol–water partition coefficient (Wildman–Crippen LogP) is 7.37. The molecule has 0 spiro atoms. The first-order valence-electron chi connectivity index (χ1n) is 11.1. The van der Waals surface area contributed by atoms with E-state index in [1.165, 1.54) is 96.3 Å². The highest BCUT2D eigenvalue weighted by Gasteiger charge is 2.13. The van der Waals surface area contributed by atoms with Crippen molar-refractivity contribution >= 4 is 17.5 Å². The summed E-state index contributed by atoms with van der Waals surface area (Å²) in [6, 6.07) is 0. The van der Waals surface area contributed by atoms with Gasteiger partial charge in [0.25, 0.3) is 0 Å². The number of hydrogen-bond acceptors (Lipinski definition) is 1. The molecule has 0 saturated heterocycles. The fourth-order valence-electron chi connectivity index (χ4n) is 3.50. The van der Waals surface area contributed by atoms with Crippen LogP contribution in [-0.2, 0) is 4.79 Å². The predicted molar refractivity (Wildman–Crippen MR) is 112 cm³/mol. The minimum atomic E-state index is -0.179. The van der Waals surface area contributed by atoms with Gasteiger partial charge < -0.3 is 5.73 Å². The summed E-state index contributed by atoms with van der Waals surface area (Å²) >= 11 is 5.71. The summed E-state index contributed by atoms with van der Waals surface area (Å²) in [5.41, 5.74) is 5.39. The first kappa shape index (κ1) is 24.8. The summed E-state index contributed by atoms with van der Waals surface area (Å²) in [5.74, 6) is 0.345. The lowest BCUT2D eigenvalue weighted by Crippen LogP contribution is -2.23. The first-order chi connectivity index (χ1) is 12.2. The van der Waals surface area contributed by atoms with Gasteiger partial charge in [-0.3, -0.25) is 4.79 Å². The highest BCUT2D eigenvalue weighted by molar-refractivity contribution is 6.17. The molecule has 0 aliphatic heterocycles. The number of hydrogen-bond donors (Lipinski definition) is 1. The van der Waals surface area contributed by atoms with Crippen LogP contribution in [0.25, 0.3) is 0 Å². The Morgan fingerprint density at radius 1 is 0.680 bits per heavy atom. The van der Waals surface area contributed by atoms with E-state index in [2.05, 4.69) is 6.92 Å². The van der Waals surface area contributed by atoms with E-state index in [-0.39, 0.29) is 11.8 Å². The molecule has 1 amide bonds. The van der Waals surface area contributed by atoms with Crippen LogP contribution in [0.3, 0.4) is 0 Å². The molecule has 1 unspecified atom stereocenters. The molecule has 150 valence electrons. The molecule has 2 nitrogen and oxygen atoms in total. The van der Waals surface area contributed by atoms with E-state index >= 15 is 0 Å². The van der Waals surface area contributed by atoms with Crippen LogP contribution in [0, 0.1) is 5.92 Å². The Balaban J connectivity index is 3.17. The van der Waals surface area contributed by atoms with Gasteiger partial charge >= 0.3 is 0 Å². The second kappa shape index (κ2) is 20.1. The maximum Gasteiger partial charge on any atom is 0.220 e. The van der Waals surface area contributed by atoms with Crippen LogP contribution in [0.2, 0.25) is 0 Å². The number of amides is 1. The topological polar surface area (TPSA) is 43.1 Å². The third-order valence-corrected chi connectivity index (χ3v) is 5.48. The third-order valence-electron chi connectivity index (χ3n) is 5.27. The van der Waals surface area contributed by atoms with Crippen molar-refractivity contribution in [3.63, 3.8) is 0 Å². The molecule has 0 aromatic rings. The van der Waals surface area contributed by atoms with E-state index in [0.717, 1.165) is 19.3 Å². The van der Waals surface area contributed by atoms with Crippen molar-refractivity contribution in [1.82, 2.24) is 0 Å². The minimum absolute atomic E-state index is 0.0101. The zero-order valence-corrected chi connectivity index (χ0v) is 17.6. The molecule has 0 heterocycles. The van der Waals surface area contributed by atoms with Crippen LogP contribution < -0.4 is 5.73 Å². The molecule has 0 aromatic carbocycles. The van der Waals surface area contributed by atoms with E-state index in [0.29, 0.717) is 5.88 Å². The van der Waals surface area contributed by atoms with Crippen molar-refractivity contribution in [3.05, 3.63) is 0 Å². The summed E-state index contributed by atoms with van der Waals surface area (Å²) in [6.45, 7) is 2.28. The largest absolute Gasteiger partial charge is 0.369 e. The van der Waals surface area contributed by atoms with Crippen molar-refractivity contribution < 1.29 is 4.79 Å². The minimum Gasteiger partial charge on any atom is -0.369 e. The summed E-state index contributed by atoms with van der Waals surface area (Å²) in [7, 11) is 0. The molecule has 0 rings (SSSR count). The van der Waals surface area contributed by atoms with Crippen LogP contribution in [0.5, 0.6) is 0 Å². The van der Waals surface area contributed by atoms with E-state index in [1.54, 1.807) is 0 Å². The SMILES string of the molecule is CCCCCCCCCCCCCCCCCCC(CCCl)C(N)=O. The Bertz CT molecular complexity index is 283. The van der Waals surface area contributed by atoms with Gasteiger partial charge in [0.2, 0.25) is 5.91 Å². The normalized spacial score (nSPS) is 12.4. The van der Waals surface area contributed by atoms with E-state index in [1.807, 2.05) is 0 Å². The molecule has 3 heteroatoms. The van der Waals surface area contributed by atoms with Gasteiger partial charge in [0.15, 0.2) is 0 Å². The molecular weight excluding hydrogens is 330 g/mol. The number of unbranched alkanes of at least 4 members (excludes halogenated alkanes) is 15. The smallest absolute Gasteiger partial charge is 0.220 e. The highest BCUT2D eigenvalue weighted by atomic mass is 35.5. The number of rotatable bonds is 20. The summed E-state index contributed by atoms with van der Waals surface area (Å²) < 4.78 is 0. The van der Waals surface area contributed by atoms with Crippen molar-refractivity contribution in [2.24, 2.45) is 11.7 Å². The van der Waals surface area contributed by atoms with Gasteiger partial charge in [-0.2, -0.15) is 0 Å². The quantitative estimate of drug-likeness (QED) is 0.175. The molecule has 0 saturated carbocycles. The van der Waals surface area contributed by atoms with E-state index in [9.17, 15) is 4.79 Å². The molecule has 1 atom stereocenters. The average molecular weight is 374 g/mol. The number of halogens is 1. The van der Waals surface area contributed by atoms with Gasteiger partial charge in [0.1, 0.15) is 0 Å². The maximum atomic E-state index is 11.2. The lowest BCUT2D eigenvalue weighted by molar-refractivity contribution is -0.122. The van der Waals surface area contributed by atoms with E-state index < -0.39 is 0 Å². The third kappa shape index (κ3) is 18.4. The van der Waals surface area contributed by atoms with E-state index in [4.69, 9.17) is 17.3 Å². The summed E-state index contributed by atoms with van der Waals surface area (Å²) in [6.07, 6.45) is 23.6. The summed E-state index contributed by atoms with van der Waals surface area (Å²) in [4.78, 5) is 11.2. The molecular formula is C22H44ClNO. The standard InChI is InChI=1S/C22H44ClNO/c1-2-3-4-5-6-7-8-9-10-11-12-13-14-15-16-17-18-21(19-20-23)22(24)25/h21H,2-20H2,1H3,(H2,24,25). The van der Waals surface area contributed by atoms with Crippen molar-refractivity contribution in [1.29, 1.82) is 0 Å². The Labute approximate surface area is 162 Å². The van der Waals surface area contributed by atoms with Crippen molar-refractivity contribution in [2.45, 2.75) is 122 Å². The highest BCUT2D eigenvalue weighted by Crippen LogP contribution is 2.17. The Kier molecular flexibility index (Phi) is 19.9. The lowest BCUT2D eigenvalue weighted by atomic mass is 9.97.